The van der Waals surface area contributed by atoms with Crippen LogP contribution in [0, 0.1) is 0 Å². The van der Waals surface area contributed by atoms with Crippen LogP contribution < -0.4 is 10.3 Å². The maximum Gasteiger partial charge on any atom is 0.266 e. The zero-order chi connectivity index (χ0) is 20.1. The molecule has 0 aliphatic carbocycles. The predicted octanol–water partition coefficient (Wildman–Crippen LogP) is 5.12. The summed E-state index contributed by atoms with van der Waals surface area (Å²) < 4.78 is 7.36. The molecule has 0 radical (unpaired) electrons. The Bertz CT molecular complexity index is 1240. The topological polar surface area (TPSA) is 44.1 Å². The summed E-state index contributed by atoms with van der Waals surface area (Å²) >= 11 is 0. The number of rotatable bonds is 6. The molecule has 1 aromatic heterocycles. The molecule has 4 aromatic rings. The standard InChI is InChI=1S/C25H20N2O2/c1-2-18-29-23-15-9-6-10-19(23)16-17-24-26-22-14-8-7-13-21(22)25(28)27(24)20-11-4-3-5-12-20/h2-17H,1,18H2. The van der Waals surface area contributed by atoms with Crippen molar-refractivity contribution in [3.8, 4) is 11.4 Å². The van der Waals surface area contributed by atoms with Crippen LogP contribution in [-0.4, -0.2) is 16.2 Å². The highest BCUT2D eigenvalue weighted by molar-refractivity contribution is 5.80. The third-order valence-corrected chi connectivity index (χ3v) is 4.50. The molecule has 0 atom stereocenters. The highest BCUT2D eigenvalue weighted by atomic mass is 16.5. The fourth-order valence-electron chi connectivity index (χ4n) is 3.15. The third kappa shape index (κ3) is 3.87. The van der Waals surface area contributed by atoms with Gasteiger partial charge in [-0.15, -0.1) is 0 Å². The Morgan fingerprint density at radius 2 is 1.62 bits per heavy atom. The van der Waals surface area contributed by atoms with E-state index in [1.807, 2.05) is 84.9 Å². The Morgan fingerprint density at radius 1 is 0.897 bits per heavy atom. The minimum atomic E-state index is -0.0994. The van der Waals surface area contributed by atoms with Crippen molar-refractivity contribution in [3.05, 3.63) is 113 Å². The molecule has 0 unspecified atom stereocenters. The number of aromatic nitrogens is 2. The second-order valence-corrected chi connectivity index (χ2v) is 6.43. The first kappa shape index (κ1) is 18.4. The van der Waals surface area contributed by atoms with Crippen molar-refractivity contribution in [1.29, 1.82) is 0 Å². The van der Waals surface area contributed by atoms with Gasteiger partial charge in [0.1, 0.15) is 18.2 Å². The van der Waals surface area contributed by atoms with E-state index in [1.165, 1.54) is 0 Å². The van der Waals surface area contributed by atoms with Gasteiger partial charge in [-0.05, 0) is 42.5 Å². The van der Waals surface area contributed by atoms with Gasteiger partial charge in [0.05, 0.1) is 16.6 Å². The molecule has 1 heterocycles. The van der Waals surface area contributed by atoms with Gasteiger partial charge < -0.3 is 4.74 Å². The molecule has 0 aliphatic rings. The van der Waals surface area contributed by atoms with Crippen molar-refractivity contribution in [2.75, 3.05) is 6.61 Å². The van der Waals surface area contributed by atoms with Gasteiger partial charge in [-0.3, -0.25) is 9.36 Å². The van der Waals surface area contributed by atoms with E-state index in [-0.39, 0.29) is 5.56 Å². The van der Waals surface area contributed by atoms with Crippen LogP contribution >= 0.6 is 0 Å². The largest absolute Gasteiger partial charge is 0.489 e. The van der Waals surface area contributed by atoms with Crippen molar-refractivity contribution in [2.45, 2.75) is 0 Å². The normalized spacial score (nSPS) is 11.0. The average Bonchev–Trinajstić information content (AvgIpc) is 2.77. The summed E-state index contributed by atoms with van der Waals surface area (Å²) in [5.74, 6) is 1.30. The third-order valence-electron chi connectivity index (χ3n) is 4.50. The minimum absolute atomic E-state index is 0.0994. The van der Waals surface area contributed by atoms with E-state index < -0.39 is 0 Å². The Balaban J connectivity index is 1.87. The van der Waals surface area contributed by atoms with E-state index in [4.69, 9.17) is 9.72 Å². The molecular formula is C25H20N2O2. The van der Waals surface area contributed by atoms with Gasteiger partial charge in [-0.25, -0.2) is 4.98 Å². The van der Waals surface area contributed by atoms with Crippen LogP contribution in [0.25, 0.3) is 28.7 Å². The SMILES string of the molecule is C=CCOc1ccccc1C=Cc1nc2ccccc2c(=O)n1-c1ccccc1. The van der Waals surface area contributed by atoms with Crippen molar-refractivity contribution in [1.82, 2.24) is 9.55 Å². The predicted molar refractivity (Wildman–Crippen MR) is 118 cm³/mol. The molecule has 0 saturated carbocycles. The van der Waals surface area contributed by atoms with E-state index >= 15 is 0 Å². The van der Waals surface area contributed by atoms with E-state index in [0.717, 1.165) is 17.0 Å². The van der Waals surface area contributed by atoms with E-state index in [1.54, 1.807) is 16.7 Å². The number of nitrogens with zero attached hydrogens (tertiary/aromatic N) is 2. The molecular weight excluding hydrogens is 360 g/mol. The summed E-state index contributed by atoms with van der Waals surface area (Å²) in [6.07, 6.45) is 5.46. The smallest absolute Gasteiger partial charge is 0.266 e. The lowest BCUT2D eigenvalue weighted by Crippen LogP contribution is -2.22. The fraction of sp³-hybridized carbons (Fsp3) is 0.0400. The van der Waals surface area contributed by atoms with Crippen LogP contribution in [0.4, 0.5) is 0 Å². The van der Waals surface area contributed by atoms with Crippen LogP contribution in [0.1, 0.15) is 11.4 Å². The summed E-state index contributed by atoms with van der Waals surface area (Å²) in [7, 11) is 0. The zero-order valence-corrected chi connectivity index (χ0v) is 15.9. The molecule has 3 aromatic carbocycles. The van der Waals surface area contributed by atoms with Gasteiger partial charge in [-0.1, -0.05) is 61.2 Å². The monoisotopic (exact) mass is 380 g/mol. The van der Waals surface area contributed by atoms with Gasteiger partial charge in [0.2, 0.25) is 0 Å². The molecule has 0 aliphatic heterocycles. The number of para-hydroxylation sites is 3. The lowest BCUT2D eigenvalue weighted by molar-refractivity contribution is 0.362. The van der Waals surface area contributed by atoms with Crippen LogP contribution in [0.2, 0.25) is 0 Å². The summed E-state index contributed by atoms with van der Waals surface area (Å²) in [6.45, 7) is 4.12. The summed E-state index contributed by atoms with van der Waals surface area (Å²) in [5, 5.41) is 0.586. The number of hydrogen-bond donors (Lipinski definition) is 0. The first-order valence-electron chi connectivity index (χ1n) is 9.36. The first-order valence-corrected chi connectivity index (χ1v) is 9.36. The molecule has 0 N–H and O–H groups in total. The van der Waals surface area contributed by atoms with Crippen LogP contribution in [0.3, 0.4) is 0 Å². The second kappa shape index (κ2) is 8.40. The van der Waals surface area contributed by atoms with Crippen molar-refractivity contribution in [3.63, 3.8) is 0 Å². The maximum atomic E-state index is 13.2. The minimum Gasteiger partial charge on any atom is -0.489 e. The number of hydrogen-bond acceptors (Lipinski definition) is 3. The zero-order valence-electron chi connectivity index (χ0n) is 15.9. The van der Waals surface area contributed by atoms with Gasteiger partial charge in [0.15, 0.2) is 0 Å². The molecule has 0 bridgehead atoms. The lowest BCUT2D eigenvalue weighted by Gasteiger charge is -2.11. The van der Waals surface area contributed by atoms with Gasteiger partial charge in [0, 0.05) is 5.56 Å². The molecule has 0 spiro atoms. The average molecular weight is 380 g/mol. The summed E-state index contributed by atoms with van der Waals surface area (Å²) in [4.78, 5) is 18.0. The van der Waals surface area contributed by atoms with E-state index in [9.17, 15) is 4.79 Å². The lowest BCUT2D eigenvalue weighted by atomic mass is 10.1. The number of benzene rings is 3. The van der Waals surface area contributed by atoms with E-state index in [2.05, 4.69) is 6.58 Å². The van der Waals surface area contributed by atoms with Crippen LogP contribution in [0.15, 0.2) is 96.3 Å². The highest BCUT2D eigenvalue weighted by Crippen LogP contribution is 2.21. The van der Waals surface area contributed by atoms with E-state index in [0.29, 0.717) is 23.3 Å². The molecule has 4 rings (SSSR count). The van der Waals surface area contributed by atoms with Crippen LogP contribution in [-0.2, 0) is 0 Å². The highest BCUT2D eigenvalue weighted by Gasteiger charge is 2.11. The Hall–Kier alpha value is -3.92. The molecule has 142 valence electrons. The fourth-order valence-corrected chi connectivity index (χ4v) is 3.15. The van der Waals surface area contributed by atoms with Crippen molar-refractivity contribution >= 4 is 23.1 Å². The first-order chi connectivity index (χ1) is 14.3. The van der Waals surface area contributed by atoms with Crippen molar-refractivity contribution in [2.24, 2.45) is 0 Å². The quantitative estimate of drug-likeness (QED) is 0.436. The van der Waals surface area contributed by atoms with Gasteiger partial charge in [-0.2, -0.15) is 0 Å². The molecule has 0 saturated heterocycles. The van der Waals surface area contributed by atoms with Crippen molar-refractivity contribution < 1.29 is 4.74 Å². The summed E-state index contributed by atoms with van der Waals surface area (Å²) in [5.41, 5.74) is 2.24. The molecule has 4 nitrogen and oxygen atoms in total. The Kier molecular flexibility index (Phi) is 5.34. The molecule has 29 heavy (non-hydrogen) atoms. The molecule has 0 amide bonds. The molecule has 4 heteroatoms. The van der Waals surface area contributed by atoms with Gasteiger partial charge in [0.25, 0.3) is 5.56 Å². The summed E-state index contributed by atoms with van der Waals surface area (Å²) in [6, 6.07) is 24.6. The van der Waals surface area contributed by atoms with Gasteiger partial charge >= 0.3 is 0 Å². The van der Waals surface area contributed by atoms with Crippen LogP contribution in [0.5, 0.6) is 5.75 Å². The number of fused-ring (bicyclic) bond motifs is 1. The Morgan fingerprint density at radius 3 is 2.45 bits per heavy atom. The second-order valence-electron chi connectivity index (χ2n) is 6.43. The number of ether oxygens (including phenoxy) is 1. The maximum absolute atomic E-state index is 13.2. The Labute approximate surface area is 169 Å². The molecule has 0 fully saturated rings.